The number of oxazole rings is 1. The highest BCUT2D eigenvalue weighted by molar-refractivity contribution is 7.80. The molecule has 2 heterocycles. The fraction of sp³-hybridized carbons (Fsp3) is 0.200. The van der Waals surface area contributed by atoms with Crippen LogP contribution in [0.25, 0.3) is 22.7 Å². The van der Waals surface area contributed by atoms with Gasteiger partial charge in [-0.2, -0.15) is 4.98 Å². The molecule has 0 fully saturated rings. The second-order valence-corrected chi connectivity index (χ2v) is 8.42. The summed E-state index contributed by atoms with van der Waals surface area (Å²) in [6.07, 6.45) is 1.68. The minimum atomic E-state index is -0.295. The molecule has 0 saturated carbocycles. The van der Waals surface area contributed by atoms with E-state index < -0.39 is 0 Å². The molecule has 4 aromatic rings. The van der Waals surface area contributed by atoms with Gasteiger partial charge in [-0.25, -0.2) is 4.98 Å². The summed E-state index contributed by atoms with van der Waals surface area (Å²) in [6.45, 7) is 6.73. The SMILES string of the molecule is Cc1cc(-c2nc3ncccc3o2)ccc1NC(=S)NC(=O)c1ccc(OCC(C)C)cc1. The van der Waals surface area contributed by atoms with Crippen molar-refractivity contribution in [3.8, 4) is 17.2 Å². The molecule has 8 heteroatoms. The van der Waals surface area contributed by atoms with E-state index in [0.29, 0.717) is 35.2 Å². The molecule has 1 amide bonds. The number of aromatic nitrogens is 2. The zero-order valence-corrected chi connectivity index (χ0v) is 19.4. The van der Waals surface area contributed by atoms with Gasteiger partial charge in [0.2, 0.25) is 5.89 Å². The number of nitrogens with zero attached hydrogens (tertiary/aromatic N) is 2. The number of benzene rings is 2. The van der Waals surface area contributed by atoms with Crippen molar-refractivity contribution in [1.29, 1.82) is 0 Å². The number of aryl methyl sites for hydroxylation is 1. The summed E-state index contributed by atoms with van der Waals surface area (Å²) in [4.78, 5) is 21.1. The number of nitrogens with one attached hydrogen (secondary N) is 2. The molecule has 2 aromatic carbocycles. The third-order valence-corrected chi connectivity index (χ3v) is 5.02. The molecule has 0 unspecified atom stereocenters. The van der Waals surface area contributed by atoms with Crippen molar-refractivity contribution in [3.63, 3.8) is 0 Å². The van der Waals surface area contributed by atoms with Gasteiger partial charge in [-0.15, -0.1) is 0 Å². The minimum absolute atomic E-state index is 0.210. The summed E-state index contributed by atoms with van der Waals surface area (Å²) in [5.41, 5.74) is 4.21. The summed E-state index contributed by atoms with van der Waals surface area (Å²) < 4.78 is 11.4. The number of rotatable bonds is 6. The number of carbonyl (C=O) groups excluding carboxylic acids is 1. The molecule has 4 rings (SSSR count). The summed E-state index contributed by atoms with van der Waals surface area (Å²) >= 11 is 5.33. The van der Waals surface area contributed by atoms with Crippen LogP contribution in [0.2, 0.25) is 0 Å². The number of pyridine rings is 1. The number of hydrogen-bond donors (Lipinski definition) is 2. The molecule has 0 atom stereocenters. The maximum atomic E-state index is 12.5. The molecule has 0 saturated heterocycles. The standard InChI is InChI=1S/C25H24N4O3S/c1-15(2)14-31-19-9-6-17(7-10-19)23(30)29-25(33)27-20-11-8-18(13-16(20)3)24-28-22-21(32-24)5-4-12-26-22/h4-13,15H,14H2,1-3H3,(H2,27,29,30,33). The van der Waals surface area contributed by atoms with E-state index in [0.717, 1.165) is 22.6 Å². The predicted molar refractivity (Wildman–Crippen MR) is 132 cm³/mol. The van der Waals surface area contributed by atoms with Crippen LogP contribution in [-0.2, 0) is 0 Å². The summed E-state index contributed by atoms with van der Waals surface area (Å²) in [7, 11) is 0. The van der Waals surface area contributed by atoms with Crippen LogP contribution < -0.4 is 15.4 Å². The highest BCUT2D eigenvalue weighted by Gasteiger charge is 2.12. The first kappa shape index (κ1) is 22.4. The third kappa shape index (κ3) is 5.53. The van der Waals surface area contributed by atoms with Crippen molar-refractivity contribution < 1.29 is 13.9 Å². The summed E-state index contributed by atoms with van der Waals surface area (Å²) in [5, 5.41) is 5.99. The largest absolute Gasteiger partial charge is 0.493 e. The van der Waals surface area contributed by atoms with Crippen molar-refractivity contribution in [2.24, 2.45) is 5.92 Å². The Balaban J connectivity index is 1.38. The van der Waals surface area contributed by atoms with E-state index in [1.54, 1.807) is 36.5 Å². The average molecular weight is 461 g/mol. The number of fused-ring (bicyclic) bond motifs is 1. The fourth-order valence-electron chi connectivity index (χ4n) is 3.12. The second kappa shape index (κ2) is 9.79. The topological polar surface area (TPSA) is 89.3 Å². The molecule has 0 spiro atoms. The Morgan fingerprint density at radius 1 is 1.15 bits per heavy atom. The monoisotopic (exact) mass is 460 g/mol. The first-order valence-electron chi connectivity index (χ1n) is 10.6. The Kier molecular flexibility index (Phi) is 6.65. The molecule has 0 aliphatic rings. The lowest BCUT2D eigenvalue weighted by molar-refractivity contribution is 0.0977. The first-order chi connectivity index (χ1) is 15.9. The Morgan fingerprint density at radius 3 is 2.64 bits per heavy atom. The molecular weight excluding hydrogens is 436 g/mol. The lowest BCUT2D eigenvalue weighted by atomic mass is 10.1. The highest BCUT2D eigenvalue weighted by Crippen LogP contribution is 2.26. The molecule has 33 heavy (non-hydrogen) atoms. The van der Waals surface area contributed by atoms with Crippen molar-refractivity contribution in [2.75, 3.05) is 11.9 Å². The van der Waals surface area contributed by atoms with Crippen molar-refractivity contribution in [3.05, 3.63) is 71.9 Å². The zero-order valence-electron chi connectivity index (χ0n) is 18.6. The Hall–Kier alpha value is -3.78. The van der Waals surface area contributed by atoms with E-state index in [9.17, 15) is 4.79 Å². The van der Waals surface area contributed by atoms with E-state index >= 15 is 0 Å². The maximum absolute atomic E-state index is 12.5. The number of hydrogen-bond acceptors (Lipinski definition) is 6. The van der Waals surface area contributed by atoms with Crippen LogP contribution in [0.1, 0.15) is 29.8 Å². The number of thiocarbonyl (C=S) groups is 1. The smallest absolute Gasteiger partial charge is 0.257 e. The van der Waals surface area contributed by atoms with E-state index in [1.165, 1.54) is 0 Å². The molecule has 2 N–H and O–H groups in total. The van der Waals surface area contributed by atoms with Gasteiger partial charge < -0.3 is 14.5 Å². The Morgan fingerprint density at radius 2 is 1.94 bits per heavy atom. The fourth-order valence-corrected chi connectivity index (χ4v) is 3.33. The van der Waals surface area contributed by atoms with Crippen LogP contribution in [0, 0.1) is 12.8 Å². The van der Waals surface area contributed by atoms with E-state index in [2.05, 4.69) is 34.4 Å². The van der Waals surface area contributed by atoms with Crippen molar-refractivity contribution in [2.45, 2.75) is 20.8 Å². The minimum Gasteiger partial charge on any atom is -0.493 e. The van der Waals surface area contributed by atoms with Gasteiger partial charge in [0.25, 0.3) is 5.91 Å². The predicted octanol–water partition coefficient (Wildman–Crippen LogP) is 5.36. The van der Waals surface area contributed by atoms with Crippen LogP contribution in [0.4, 0.5) is 5.69 Å². The van der Waals surface area contributed by atoms with Crippen molar-refractivity contribution >= 4 is 40.2 Å². The molecule has 0 aliphatic carbocycles. The number of carbonyl (C=O) groups is 1. The highest BCUT2D eigenvalue weighted by atomic mass is 32.1. The Labute approximate surface area is 197 Å². The molecule has 2 aromatic heterocycles. The average Bonchev–Trinajstić information content (AvgIpc) is 3.23. The first-order valence-corrected chi connectivity index (χ1v) is 11.0. The number of anilines is 1. The van der Waals surface area contributed by atoms with Crippen LogP contribution in [-0.4, -0.2) is 27.6 Å². The zero-order chi connectivity index (χ0) is 23.4. The quantitative estimate of drug-likeness (QED) is 0.374. The van der Waals surface area contributed by atoms with Gasteiger partial charge in [0.05, 0.1) is 6.61 Å². The lowest BCUT2D eigenvalue weighted by Gasteiger charge is -2.13. The van der Waals surface area contributed by atoms with Gasteiger partial charge in [-0.1, -0.05) is 13.8 Å². The van der Waals surface area contributed by atoms with E-state index in [4.69, 9.17) is 21.4 Å². The van der Waals surface area contributed by atoms with Gasteiger partial charge >= 0.3 is 0 Å². The molecule has 7 nitrogen and oxygen atoms in total. The molecule has 0 bridgehead atoms. The lowest BCUT2D eigenvalue weighted by Crippen LogP contribution is -2.34. The molecule has 0 aliphatic heterocycles. The summed E-state index contributed by atoms with van der Waals surface area (Å²) in [5.74, 6) is 1.36. The van der Waals surface area contributed by atoms with E-state index in [1.807, 2.05) is 31.2 Å². The van der Waals surface area contributed by atoms with Crippen molar-refractivity contribution in [1.82, 2.24) is 15.3 Å². The summed E-state index contributed by atoms with van der Waals surface area (Å²) in [6, 6.07) is 16.3. The molecule has 0 radical (unpaired) electrons. The van der Waals surface area contributed by atoms with Gasteiger partial charge in [0.1, 0.15) is 5.75 Å². The third-order valence-electron chi connectivity index (χ3n) is 4.81. The number of amides is 1. The van der Waals surface area contributed by atoms with Gasteiger partial charge in [0.15, 0.2) is 16.3 Å². The van der Waals surface area contributed by atoms with Crippen LogP contribution in [0.5, 0.6) is 5.75 Å². The van der Waals surface area contributed by atoms with Gasteiger partial charge in [-0.3, -0.25) is 10.1 Å². The second-order valence-electron chi connectivity index (χ2n) is 8.01. The van der Waals surface area contributed by atoms with Gasteiger partial charge in [0, 0.05) is 23.0 Å². The van der Waals surface area contributed by atoms with E-state index in [-0.39, 0.29) is 11.0 Å². The van der Waals surface area contributed by atoms with Crippen LogP contribution in [0.3, 0.4) is 0 Å². The number of ether oxygens (including phenoxy) is 1. The Bertz CT molecular complexity index is 1270. The normalized spacial score (nSPS) is 10.9. The van der Waals surface area contributed by atoms with Crippen LogP contribution >= 0.6 is 12.2 Å². The van der Waals surface area contributed by atoms with Gasteiger partial charge in [-0.05, 0) is 85.2 Å². The van der Waals surface area contributed by atoms with Crippen LogP contribution in [0.15, 0.2) is 65.2 Å². The molecular formula is C25H24N4O3S. The maximum Gasteiger partial charge on any atom is 0.257 e. The molecule has 168 valence electrons.